The number of aromatic nitrogens is 1. The van der Waals surface area contributed by atoms with Crippen LogP contribution in [0.15, 0.2) is 36.4 Å². The maximum atomic E-state index is 13.9. The molecular weight excluding hydrogens is 344 g/mol. The van der Waals surface area contributed by atoms with E-state index < -0.39 is 29.3 Å². The molecule has 3 rings (SSSR count). The maximum Gasteiger partial charge on any atom is 0.310 e. The zero-order chi connectivity index (χ0) is 19.0. The first-order valence-corrected chi connectivity index (χ1v) is 7.73. The van der Waals surface area contributed by atoms with Crippen LogP contribution in [0.3, 0.4) is 0 Å². The number of fused-ring (bicyclic) bond motifs is 1. The van der Waals surface area contributed by atoms with Crippen molar-refractivity contribution in [1.29, 1.82) is 0 Å². The van der Waals surface area contributed by atoms with E-state index in [0.717, 1.165) is 18.2 Å². The second-order valence-corrected chi connectivity index (χ2v) is 5.79. The molecule has 1 N–H and O–H groups in total. The summed E-state index contributed by atoms with van der Waals surface area (Å²) in [7, 11) is 1.23. The van der Waals surface area contributed by atoms with E-state index in [1.165, 1.54) is 29.9 Å². The van der Waals surface area contributed by atoms with Crippen molar-refractivity contribution in [2.45, 2.75) is 13.3 Å². The number of halogens is 2. The minimum absolute atomic E-state index is 0.0723. The zero-order valence-electron chi connectivity index (χ0n) is 14.0. The molecule has 0 aliphatic heterocycles. The van der Waals surface area contributed by atoms with Gasteiger partial charge in [0, 0.05) is 22.7 Å². The molecule has 26 heavy (non-hydrogen) atoms. The number of hydrogen-bond acceptors (Lipinski definition) is 4. The number of phenols is 1. The van der Waals surface area contributed by atoms with Gasteiger partial charge in [0.25, 0.3) is 5.91 Å². The fraction of sp³-hybridized carbons (Fsp3) is 0.158. The molecule has 0 saturated carbocycles. The summed E-state index contributed by atoms with van der Waals surface area (Å²) in [5.74, 6) is -3.21. The molecule has 1 aromatic heterocycles. The number of carbonyl (C=O) groups is 2. The highest BCUT2D eigenvalue weighted by molar-refractivity contribution is 6.05. The Balaban J connectivity index is 2.27. The van der Waals surface area contributed by atoms with Crippen LogP contribution in [-0.4, -0.2) is 28.7 Å². The van der Waals surface area contributed by atoms with Crippen molar-refractivity contribution < 1.29 is 28.2 Å². The van der Waals surface area contributed by atoms with Gasteiger partial charge in [0.2, 0.25) is 0 Å². The Morgan fingerprint density at radius 1 is 1.19 bits per heavy atom. The van der Waals surface area contributed by atoms with Crippen molar-refractivity contribution in [1.82, 2.24) is 4.57 Å². The van der Waals surface area contributed by atoms with Gasteiger partial charge in [-0.2, -0.15) is 0 Å². The normalized spacial score (nSPS) is 10.9. The molecular formula is C19H15F2NO4. The molecule has 1 heterocycles. The molecule has 0 unspecified atom stereocenters. The van der Waals surface area contributed by atoms with Crippen LogP contribution in [0.5, 0.6) is 5.75 Å². The molecule has 2 aromatic carbocycles. The molecule has 0 saturated heterocycles. The van der Waals surface area contributed by atoms with E-state index in [0.29, 0.717) is 16.6 Å². The van der Waals surface area contributed by atoms with Crippen LogP contribution in [0.25, 0.3) is 10.9 Å². The Hall–Kier alpha value is -3.22. The molecule has 0 amide bonds. The summed E-state index contributed by atoms with van der Waals surface area (Å²) in [5, 5.41) is 10.0. The van der Waals surface area contributed by atoms with Gasteiger partial charge < -0.3 is 9.84 Å². The van der Waals surface area contributed by atoms with Gasteiger partial charge in [0.1, 0.15) is 5.82 Å². The van der Waals surface area contributed by atoms with E-state index >= 15 is 0 Å². The van der Waals surface area contributed by atoms with Crippen LogP contribution < -0.4 is 0 Å². The predicted molar refractivity (Wildman–Crippen MR) is 90.1 cm³/mol. The standard InChI is InChI=1S/C19H15F2NO4/c1-10-13(8-18(24)26-2)14-7-17(23)15(21)9-16(14)22(10)19(25)11-4-3-5-12(20)6-11/h3-7,9,23H,8H2,1-2H3. The van der Waals surface area contributed by atoms with Crippen molar-refractivity contribution in [3.8, 4) is 5.75 Å². The first kappa shape index (κ1) is 17.6. The summed E-state index contributed by atoms with van der Waals surface area (Å²) in [6.07, 6.45) is -0.159. The van der Waals surface area contributed by atoms with E-state index in [9.17, 15) is 23.5 Å². The molecule has 0 spiro atoms. The van der Waals surface area contributed by atoms with E-state index in [-0.39, 0.29) is 17.5 Å². The smallest absolute Gasteiger partial charge is 0.310 e. The lowest BCUT2D eigenvalue weighted by atomic mass is 10.1. The number of esters is 1. The molecule has 0 aliphatic carbocycles. The Bertz CT molecular complexity index is 1040. The fourth-order valence-electron chi connectivity index (χ4n) is 2.94. The van der Waals surface area contributed by atoms with Gasteiger partial charge in [-0.15, -0.1) is 0 Å². The van der Waals surface area contributed by atoms with E-state index in [2.05, 4.69) is 4.74 Å². The van der Waals surface area contributed by atoms with Crippen molar-refractivity contribution in [3.63, 3.8) is 0 Å². The number of nitrogens with zero attached hydrogens (tertiary/aromatic N) is 1. The average molecular weight is 359 g/mol. The Morgan fingerprint density at radius 3 is 2.58 bits per heavy atom. The summed E-state index contributed by atoms with van der Waals surface area (Å²) >= 11 is 0. The largest absolute Gasteiger partial charge is 0.505 e. The number of aromatic hydroxyl groups is 1. The second kappa shape index (κ2) is 6.59. The highest BCUT2D eigenvalue weighted by atomic mass is 19.1. The lowest BCUT2D eigenvalue weighted by Gasteiger charge is -2.08. The highest BCUT2D eigenvalue weighted by Crippen LogP contribution is 2.32. The Kier molecular flexibility index (Phi) is 4.46. The number of phenolic OH excluding ortho intramolecular Hbond substituents is 1. The monoisotopic (exact) mass is 359 g/mol. The summed E-state index contributed by atoms with van der Waals surface area (Å²) in [6, 6.07) is 7.28. The molecule has 0 radical (unpaired) electrons. The molecule has 0 bridgehead atoms. The minimum atomic E-state index is -0.909. The van der Waals surface area contributed by atoms with Crippen molar-refractivity contribution in [2.24, 2.45) is 0 Å². The van der Waals surface area contributed by atoms with E-state index in [4.69, 9.17) is 0 Å². The van der Waals surface area contributed by atoms with Gasteiger partial charge in [-0.05, 0) is 36.8 Å². The number of carbonyl (C=O) groups excluding carboxylic acids is 2. The second-order valence-electron chi connectivity index (χ2n) is 5.79. The lowest BCUT2D eigenvalue weighted by molar-refractivity contribution is -0.139. The molecule has 0 fully saturated rings. The van der Waals surface area contributed by atoms with Crippen molar-refractivity contribution >= 4 is 22.8 Å². The zero-order valence-corrected chi connectivity index (χ0v) is 14.0. The number of methoxy groups -OCH3 is 1. The molecule has 0 atom stereocenters. The number of ether oxygens (including phenoxy) is 1. The van der Waals surface area contributed by atoms with Gasteiger partial charge in [0.15, 0.2) is 11.6 Å². The average Bonchev–Trinajstić information content (AvgIpc) is 2.86. The minimum Gasteiger partial charge on any atom is -0.505 e. The molecule has 0 aliphatic rings. The SMILES string of the molecule is COC(=O)Cc1c(C)n(C(=O)c2cccc(F)c2)c2cc(F)c(O)cc12. The summed E-state index contributed by atoms with van der Waals surface area (Å²) in [6.45, 7) is 1.59. The quantitative estimate of drug-likeness (QED) is 0.729. The highest BCUT2D eigenvalue weighted by Gasteiger charge is 2.23. The molecule has 3 aromatic rings. The van der Waals surface area contributed by atoms with Gasteiger partial charge in [-0.25, -0.2) is 8.78 Å². The van der Waals surface area contributed by atoms with Crippen LogP contribution in [-0.2, 0) is 16.0 Å². The first-order valence-electron chi connectivity index (χ1n) is 7.73. The fourth-order valence-corrected chi connectivity index (χ4v) is 2.94. The Labute approximate surface area is 147 Å². The summed E-state index contributed by atoms with van der Waals surface area (Å²) in [5.41, 5.74) is 1.05. The van der Waals surface area contributed by atoms with E-state index in [1.807, 2.05) is 0 Å². The Morgan fingerprint density at radius 2 is 1.92 bits per heavy atom. The van der Waals surface area contributed by atoms with Gasteiger partial charge in [-0.1, -0.05) is 6.07 Å². The van der Waals surface area contributed by atoms with Crippen molar-refractivity contribution in [2.75, 3.05) is 7.11 Å². The molecule has 5 nitrogen and oxygen atoms in total. The summed E-state index contributed by atoms with van der Waals surface area (Å²) < 4.78 is 33.2. The van der Waals surface area contributed by atoms with Gasteiger partial charge >= 0.3 is 5.97 Å². The molecule has 7 heteroatoms. The van der Waals surface area contributed by atoms with Crippen LogP contribution in [0, 0.1) is 18.6 Å². The topological polar surface area (TPSA) is 68.5 Å². The number of hydrogen-bond donors (Lipinski definition) is 1. The predicted octanol–water partition coefficient (Wildman–Crippen LogP) is 3.34. The third-order valence-electron chi connectivity index (χ3n) is 4.23. The van der Waals surface area contributed by atoms with Crippen LogP contribution in [0.2, 0.25) is 0 Å². The molecule has 134 valence electrons. The third kappa shape index (κ3) is 2.92. The lowest BCUT2D eigenvalue weighted by Crippen LogP contribution is -2.14. The van der Waals surface area contributed by atoms with Gasteiger partial charge in [-0.3, -0.25) is 14.2 Å². The first-order chi connectivity index (χ1) is 12.3. The van der Waals surface area contributed by atoms with Crippen molar-refractivity contribution in [3.05, 3.63) is 64.9 Å². The van der Waals surface area contributed by atoms with Crippen LogP contribution in [0.1, 0.15) is 21.6 Å². The third-order valence-corrected chi connectivity index (χ3v) is 4.23. The van der Waals surface area contributed by atoms with Crippen LogP contribution in [0.4, 0.5) is 8.78 Å². The van der Waals surface area contributed by atoms with E-state index in [1.54, 1.807) is 6.92 Å². The van der Waals surface area contributed by atoms with Crippen LogP contribution >= 0.6 is 0 Å². The number of benzene rings is 2. The summed E-state index contributed by atoms with van der Waals surface area (Å²) in [4.78, 5) is 24.6. The van der Waals surface area contributed by atoms with Gasteiger partial charge in [0.05, 0.1) is 19.0 Å². The number of rotatable bonds is 3. The maximum absolute atomic E-state index is 13.9.